The summed E-state index contributed by atoms with van der Waals surface area (Å²) in [4.78, 5) is 6.60. The van der Waals surface area contributed by atoms with Crippen LogP contribution in [0, 0.1) is 0 Å². The highest BCUT2D eigenvalue weighted by Gasteiger charge is 2.29. The number of rotatable bonds is 6. The van der Waals surface area contributed by atoms with Crippen molar-refractivity contribution in [2.45, 2.75) is 38.3 Å². The summed E-state index contributed by atoms with van der Waals surface area (Å²) in [5, 5.41) is 4.07. The van der Waals surface area contributed by atoms with Crippen LogP contribution in [0.5, 0.6) is 17.2 Å². The van der Waals surface area contributed by atoms with Gasteiger partial charge in [0, 0.05) is 30.5 Å². The van der Waals surface area contributed by atoms with E-state index in [2.05, 4.69) is 15.0 Å². The zero-order chi connectivity index (χ0) is 17.2. The summed E-state index contributed by atoms with van der Waals surface area (Å²) >= 11 is 0. The number of hydrogen-bond donors (Lipinski definition) is 0. The Hall–Kier alpha value is -2.28. The Balaban J connectivity index is 1.47. The maximum Gasteiger partial charge on any atom is 0.240 e. The van der Waals surface area contributed by atoms with Crippen molar-refractivity contribution in [2.75, 3.05) is 27.4 Å². The highest BCUT2D eigenvalue weighted by Crippen LogP contribution is 2.38. The monoisotopic (exact) mass is 345 g/mol. The average molecular weight is 345 g/mol. The summed E-state index contributed by atoms with van der Waals surface area (Å²) in [6.45, 7) is 2.61. The summed E-state index contributed by atoms with van der Waals surface area (Å²) in [6.07, 6.45) is 3.22. The number of nitrogens with zero attached hydrogens (tertiary/aromatic N) is 3. The van der Waals surface area contributed by atoms with Crippen LogP contribution in [0.4, 0.5) is 0 Å². The minimum absolute atomic E-state index is 0.504. The molecule has 7 heteroatoms. The van der Waals surface area contributed by atoms with E-state index in [4.69, 9.17) is 18.7 Å². The molecule has 0 spiro atoms. The lowest BCUT2D eigenvalue weighted by Crippen LogP contribution is -2.18. The molecule has 2 heterocycles. The van der Waals surface area contributed by atoms with Crippen molar-refractivity contribution in [1.29, 1.82) is 0 Å². The van der Waals surface area contributed by atoms with E-state index in [1.165, 1.54) is 12.8 Å². The summed E-state index contributed by atoms with van der Waals surface area (Å²) in [5.74, 6) is 4.31. The van der Waals surface area contributed by atoms with E-state index < -0.39 is 0 Å². The summed E-state index contributed by atoms with van der Waals surface area (Å²) in [7, 11) is 3.69. The van der Waals surface area contributed by atoms with Gasteiger partial charge in [-0.15, -0.1) is 0 Å². The molecule has 0 saturated heterocycles. The molecule has 0 N–H and O–H groups in total. The first-order chi connectivity index (χ1) is 12.2. The van der Waals surface area contributed by atoms with E-state index >= 15 is 0 Å². The Kier molecular flexibility index (Phi) is 4.48. The van der Waals surface area contributed by atoms with Gasteiger partial charge in [0.15, 0.2) is 17.3 Å². The fraction of sp³-hybridized carbons (Fsp3) is 0.556. The van der Waals surface area contributed by atoms with Crippen LogP contribution in [0.2, 0.25) is 0 Å². The van der Waals surface area contributed by atoms with Crippen LogP contribution in [0.15, 0.2) is 16.7 Å². The van der Waals surface area contributed by atoms with Gasteiger partial charge in [-0.1, -0.05) is 5.16 Å². The second kappa shape index (κ2) is 6.92. The minimum Gasteiger partial charge on any atom is -0.496 e. The first-order valence-electron chi connectivity index (χ1n) is 8.70. The number of hydrogen-bond acceptors (Lipinski definition) is 7. The SMILES string of the molecule is COc1cc2c(cc1CN(C)Cc1nc(C3CC3)no1)OCCCO2. The average Bonchev–Trinajstić information content (AvgIpc) is 3.39. The molecule has 0 unspecified atom stereocenters. The molecule has 1 aliphatic heterocycles. The molecular formula is C18H23N3O4. The van der Waals surface area contributed by atoms with Crippen molar-refractivity contribution < 1.29 is 18.7 Å². The maximum atomic E-state index is 5.79. The first-order valence-corrected chi connectivity index (χ1v) is 8.70. The third-order valence-electron chi connectivity index (χ3n) is 4.42. The predicted octanol–water partition coefficient (Wildman–Crippen LogP) is 2.75. The van der Waals surface area contributed by atoms with Crippen LogP contribution in [-0.4, -0.2) is 42.4 Å². The molecule has 1 aliphatic carbocycles. The summed E-state index contributed by atoms with van der Waals surface area (Å²) < 4.78 is 22.4. The highest BCUT2D eigenvalue weighted by molar-refractivity contribution is 5.51. The van der Waals surface area contributed by atoms with Crippen LogP contribution in [0.1, 0.15) is 42.5 Å². The number of ether oxygens (including phenoxy) is 3. The summed E-state index contributed by atoms with van der Waals surface area (Å²) in [6, 6.07) is 3.90. The van der Waals surface area contributed by atoms with Crippen molar-refractivity contribution in [3.63, 3.8) is 0 Å². The molecule has 0 atom stereocenters. The molecule has 1 aromatic heterocycles. The lowest BCUT2D eigenvalue weighted by molar-refractivity contribution is 0.256. The van der Waals surface area contributed by atoms with Gasteiger partial charge in [-0.2, -0.15) is 4.98 Å². The molecule has 2 aliphatic rings. The van der Waals surface area contributed by atoms with Crippen LogP contribution in [-0.2, 0) is 13.1 Å². The molecule has 0 amide bonds. The molecule has 1 saturated carbocycles. The number of methoxy groups -OCH3 is 1. The van der Waals surface area contributed by atoms with Gasteiger partial charge in [0.2, 0.25) is 5.89 Å². The van der Waals surface area contributed by atoms with Crippen molar-refractivity contribution in [3.05, 3.63) is 29.4 Å². The minimum atomic E-state index is 0.504. The molecule has 7 nitrogen and oxygen atoms in total. The van der Waals surface area contributed by atoms with E-state index in [9.17, 15) is 0 Å². The van der Waals surface area contributed by atoms with Crippen LogP contribution >= 0.6 is 0 Å². The number of fused-ring (bicyclic) bond motifs is 1. The number of aromatic nitrogens is 2. The zero-order valence-corrected chi connectivity index (χ0v) is 14.7. The molecule has 1 fully saturated rings. The van der Waals surface area contributed by atoms with Gasteiger partial charge < -0.3 is 18.7 Å². The fourth-order valence-corrected chi connectivity index (χ4v) is 2.96. The zero-order valence-electron chi connectivity index (χ0n) is 14.7. The quantitative estimate of drug-likeness (QED) is 0.797. The van der Waals surface area contributed by atoms with Crippen molar-refractivity contribution in [1.82, 2.24) is 15.0 Å². The standard InChI is InChI=1S/C18H23N3O4/c1-21(11-17-19-18(20-25-17)12-4-5-12)10-13-8-15-16(9-14(13)22-2)24-7-3-6-23-15/h8-9,12H,3-7,10-11H2,1-2H3. The summed E-state index contributed by atoms with van der Waals surface area (Å²) in [5.41, 5.74) is 1.04. The molecular weight excluding hydrogens is 322 g/mol. The maximum absolute atomic E-state index is 5.79. The molecule has 134 valence electrons. The van der Waals surface area contributed by atoms with Crippen molar-refractivity contribution in [3.8, 4) is 17.2 Å². The Morgan fingerprint density at radius 3 is 2.64 bits per heavy atom. The lowest BCUT2D eigenvalue weighted by Gasteiger charge is -2.18. The van der Waals surface area contributed by atoms with Gasteiger partial charge in [0.25, 0.3) is 0 Å². The largest absolute Gasteiger partial charge is 0.496 e. The van der Waals surface area contributed by atoms with Gasteiger partial charge in [0.1, 0.15) is 5.75 Å². The topological polar surface area (TPSA) is 69.9 Å². The van der Waals surface area contributed by atoms with Gasteiger partial charge in [0.05, 0.1) is 26.9 Å². The third-order valence-corrected chi connectivity index (χ3v) is 4.42. The smallest absolute Gasteiger partial charge is 0.240 e. The Labute approximate surface area is 146 Å². The Bertz CT molecular complexity index is 742. The molecule has 0 radical (unpaired) electrons. The molecule has 25 heavy (non-hydrogen) atoms. The predicted molar refractivity (Wildman–Crippen MR) is 90.0 cm³/mol. The molecule has 0 bridgehead atoms. The van der Waals surface area contributed by atoms with E-state index in [-0.39, 0.29) is 0 Å². The Morgan fingerprint density at radius 2 is 1.92 bits per heavy atom. The lowest BCUT2D eigenvalue weighted by atomic mass is 10.1. The van der Waals surface area contributed by atoms with Gasteiger partial charge in [-0.3, -0.25) is 4.90 Å². The first kappa shape index (κ1) is 16.2. The normalized spacial score (nSPS) is 16.8. The van der Waals surface area contributed by atoms with Gasteiger partial charge in [-0.05, 0) is 26.0 Å². The van der Waals surface area contributed by atoms with Crippen molar-refractivity contribution >= 4 is 0 Å². The van der Waals surface area contributed by atoms with E-state index in [1.54, 1.807) is 7.11 Å². The molecule has 2 aromatic rings. The van der Waals surface area contributed by atoms with Gasteiger partial charge in [-0.25, -0.2) is 0 Å². The highest BCUT2D eigenvalue weighted by atomic mass is 16.5. The van der Waals surface area contributed by atoms with E-state index in [0.717, 1.165) is 35.1 Å². The third kappa shape index (κ3) is 3.71. The molecule has 1 aromatic carbocycles. The number of benzene rings is 1. The second-order valence-corrected chi connectivity index (χ2v) is 6.65. The van der Waals surface area contributed by atoms with Crippen molar-refractivity contribution in [2.24, 2.45) is 0 Å². The van der Waals surface area contributed by atoms with E-state index in [0.29, 0.717) is 38.1 Å². The van der Waals surface area contributed by atoms with Crippen LogP contribution in [0.25, 0.3) is 0 Å². The second-order valence-electron chi connectivity index (χ2n) is 6.65. The Morgan fingerprint density at radius 1 is 1.16 bits per heavy atom. The molecule has 4 rings (SSSR count). The fourth-order valence-electron chi connectivity index (χ4n) is 2.96. The van der Waals surface area contributed by atoms with E-state index in [1.807, 2.05) is 19.2 Å². The van der Waals surface area contributed by atoms with Crippen LogP contribution < -0.4 is 14.2 Å². The van der Waals surface area contributed by atoms with Gasteiger partial charge >= 0.3 is 0 Å². The van der Waals surface area contributed by atoms with Crippen LogP contribution in [0.3, 0.4) is 0 Å².